The largest absolute Gasteiger partial charge is 0.487 e. The molecular formula is C22H25F2N3O3. The minimum absolute atomic E-state index is 0.113. The highest BCUT2D eigenvalue weighted by Crippen LogP contribution is 2.34. The van der Waals surface area contributed by atoms with Gasteiger partial charge in [-0.2, -0.15) is 0 Å². The Morgan fingerprint density at radius 2 is 2.10 bits per heavy atom. The Bertz CT molecular complexity index is 973. The van der Waals surface area contributed by atoms with Crippen LogP contribution < -0.4 is 10.1 Å². The van der Waals surface area contributed by atoms with E-state index < -0.39 is 12.5 Å². The Morgan fingerprint density at radius 3 is 2.73 bits per heavy atom. The Hall–Kier alpha value is -3.03. The van der Waals surface area contributed by atoms with Crippen molar-refractivity contribution in [2.45, 2.75) is 45.7 Å². The van der Waals surface area contributed by atoms with Crippen LogP contribution in [0.3, 0.4) is 0 Å². The SMILES string of the molecule is CNC(=O)Cc1nccc2c1CN(C(C)c1ccc(OCC(C)(F)F)c(C)c1)C2=O. The number of amides is 2. The van der Waals surface area contributed by atoms with Crippen LogP contribution in [-0.4, -0.2) is 41.3 Å². The molecule has 0 aliphatic carbocycles. The number of ether oxygens (including phenoxy) is 1. The van der Waals surface area contributed by atoms with Gasteiger partial charge in [0.2, 0.25) is 5.91 Å². The number of hydrogen-bond acceptors (Lipinski definition) is 4. The molecule has 3 rings (SSSR count). The van der Waals surface area contributed by atoms with Crippen LogP contribution in [0, 0.1) is 6.92 Å². The average Bonchev–Trinajstić information content (AvgIpc) is 3.03. The summed E-state index contributed by atoms with van der Waals surface area (Å²) in [4.78, 5) is 30.8. The number of alkyl halides is 2. The molecule has 0 bridgehead atoms. The van der Waals surface area contributed by atoms with E-state index in [9.17, 15) is 18.4 Å². The Kier molecular flexibility index (Phi) is 6.05. The number of rotatable bonds is 7. The number of halogens is 2. The zero-order valence-electron chi connectivity index (χ0n) is 17.5. The number of carbonyl (C=O) groups is 2. The van der Waals surface area contributed by atoms with Crippen molar-refractivity contribution in [3.63, 3.8) is 0 Å². The van der Waals surface area contributed by atoms with Crippen molar-refractivity contribution in [3.8, 4) is 5.75 Å². The van der Waals surface area contributed by atoms with Crippen LogP contribution in [0.1, 0.15) is 52.6 Å². The van der Waals surface area contributed by atoms with Crippen molar-refractivity contribution >= 4 is 11.8 Å². The van der Waals surface area contributed by atoms with Crippen LogP contribution in [0.25, 0.3) is 0 Å². The molecule has 2 amide bonds. The van der Waals surface area contributed by atoms with Gasteiger partial charge in [-0.1, -0.05) is 12.1 Å². The summed E-state index contributed by atoms with van der Waals surface area (Å²) in [5.74, 6) is -2.81. The molecule has 0 saturated heterocycles. The Morgan fingerprint density at radius 1 is 1.37 bits per heavy atom. The minimum atomic E-state index is -2.91. The third-order valence-corrected chi connectivity index (χ3v) is 5.20. The summed E-state index contributed by atoms with van der Waals surface area (Å²) in [7, 11) is 1.56. The molecule has 1 aliphatic rings. The third kappa shape index (κ3) is 4.58. The minimum Gasteiger partial charge on any atom is -0.487 e. The van der Waals surface area contributed by atoms with Gasteiger partial charge < -0.3 is 15.0 Å². The molecule has 30 heavy (non-hydrogen) atoms. The summed E-state index contributed by atoms with van der Waals surface area (Å²) in [6.07, 6.45) is 1.66. The van der Waals surface area contributed by atoms with E-state index in [1.807, 2.05) is 13.0 Å². The zero-order valence-corrected chi connectivity index (χ0v) is 17.5. The molecule has 0 spiro atoms. The molecule has 1 atom stereocenters. The summed E-state index contributed by atoms with van der Waals surface area (Å²) in [6.45, 7) is 4.16. The lowest BCUT2D eigenvalue weighted by Gasteiger charge is -2.25. The molecule has 0 saturated carbocycles. The Labute approximate surface area is 174 Å². The summed E-state index contributed by atoms with van der Waals surface area (Å²) in [5.41, 5.74) is 3.49. The van der Waals surface area contributed by atoms with Gasteiger partial charge in [0, 0.05) is 37.8 Å². The van der Waals surface area contributed by atoms with Gasteiger partial charge >= 0.3 is 0 Å². The first kappa shape index (κ1) is 21.7. The maximum absolute atomic E-state index is 13.1. The average molecular weight is 417 g/mol. The number of nitrogens with zero attached hydrogens (tertiary/aromatic N) is 2. The zero-order chi connectivity index (χ0) is 22.1. The second kappa shape index (κ2) is 8.38. The number of pyridine rings is 1. The van der Waals surface area contributed by atoms with E-state index in [0.29, 0.717) is 23.6 Å². The van der Waals surface area contributed by atoms with Gasteiger partial charge in [0.1, 0.15) is 5.75 Å². The van der Waals surface area contributed by atoms with Crippen molar-refractivity contribution in [2.75, 3.05) is 13.7 Å². The summed E-state index contributed by atoms with van der Waals surface area (Å²) in [5, 5.41) is 2.57. The molecule has 2 aromatic rings. The van der Waals surface area contributed by atoms with E-state index in [2.05, 4.69) is 10.3 Å². The fourth-order valence-electron chi connectivity index (χ4n) is 3.49. The van der Waals surface area contributed by atoms with Gasteiger partial charge in [0.25, 0.3) is 11.8 Å². The highest BCUT2D eigenvalue weighted by Gasteiger charge is 2.34. The molecule has 1 N–H and O–H groups in total. The van der Waals surface area contributed by atoms with E-state index in [1.165, 1.54) is 0 Å². The van der Waals surface area contributed by atoms with E-state index >= 15 is 0 Å². The predicted octanol–water partition coefficient (Wildman–Crippen LogP) is 3.43. The molecule has 8 heteroatoms. The van der Waals surface area contributed by atoms with Crippen molar-refractivity contribution < 1.29 is 23.1 Å². The topological polar surface area (TPSA) is 71.5 Å². The van der Waals surface area contributed by atoms with E-state index in [4.69, 9.17) is 4.74 Å². The van der Waals surface area contributed by atoms with E-state index in [1.54, 1.807) is 43.3 Å². The maximum Gasteiger partial charge on any atom is 0.278 e. The highest BCUT2D eigenvalue weighted by molar-refractivity contribution is 5.99. The van der Waals surface area contributed by atoms with Crippen molar-refractivity contribution in [1.29, 1.82) is 0 Å². The van der Waals surface area contributed by atoms with Gasteiger partial charge in [-0.05, 0) is 37.1 Å². The number of nitrogens with one attached hydrogen (secondary N) is 1. The van der Waals surface area contributed by atoms with Crippen molar-refractivity contribution in [2.24, 2.45) is 0 Å². The number of benzene rings is 1. The van der Waals surface area contributed by atoms with Crippen molar-refractivity contribution in [1.82, 2.24) is 15.2 Å². The van der Waals surface area contributed by atoms with E-state index in [-0.39, 0.29) is 24.3 Å². The number of aryl methyl sites for hydroxylation is 1. The standard InChI is InChI=1S/C22H25F2N3O3/c1-13-9-15(5-6-19(13)30-12-22(3,23)24)14(2)27-11-17-16(21(27)29)7-8-26-18(17)10-20(28)25-4/h5-9,14H,10-12H2,1-4H3,(H,25,28). The molecular weight excluding hydrogens is 392 g/mol. The van der Waals surface area contributed by atoms with Crippen molar-refractivity contribution in [3.05, 3.63) is 58.4 Å². The lowest BCUT2D eigenvalue weighted by molar-refractivity contribution is -0.120. The molecule has 160 valence electrons. The summed E-state index contributed by atoms with van der Waals surface area (Å²) in [6, 6.07) is 6.69. The molecule has 1 aromatic carbocycles. The second-order valence-corrected chi connectivity index (χ2v) is 7.63. The predicted molar refractivity (Wildman–Crippen MR) is 108 cm³/mol. The summed E-state index contributed by atoms with van der Waals surface area (Å²) < 4.78 is 31.3. The smallest absolute Gasteiger partial charge is 0.278 e. The molecule has 1 aromatic heterocycles. The fraction of sp³-hybridized carbons (Fsp3) is 0.409. The van der Waals surface area contributed by atoms with Crippen LogP contribution in [0.5, 0.6) is 5.75 Å². The van der Waals surface area contributed by atoms with Gasteiger partial charge in [0.15, 0.2) is 6.61 Å². The quantitative estimate of drug-likeness (QED) is 0.749. The first-order valence-corrected chi connectivity index (χ1v) is 9.70. The maximum atomic E-state index is 13.1. The molecule has 0 radical (unpaired) electrons. The fourth-order valence-corrected chi connectivity index (χ4v) is 3.49. The van der Waals surface area contributed by atoms with E-state index in [0.717, 1.165) is 23.6 Å². The van der Waals surface area contributed by atoms with Gasteiger partial charge in [-0.3, -0.25) is 14.6 Å². The first-order chi connectivity index (χ1) is 14.1. The normalized spacial score (nSPS) is 14.5. The lowest BCUT2D eigenvalue weighted by atomic mass is 10.0. The highest BCUT2D eigenvalue weighted by atomic mass is 19.3. The third-order valence-electron chi connectivity index (χ3n) is 5.20. The summed E-state index contributed by atoms with van der Waals surface area (Å²) >= 11 is 0. The van der Waals surface area contributed by atoms with Crippen LogP contribution in [0.4, 0.5) is 8.78 Å². The molecule has 0 fully saturated rings. The number of aromatic nitrogens is 1. The van der Waals surface area contributed by atoms with Gasteiger partial charge in [-0.15, -0.1) is 0 Å². The number of fused-ring (bicyclic) bond motifs is 1. The lowest BCUT2D eigenvalue weighted by Crippen LogP contribution is -2.27. The Balaban J connectivity index is 1.80. The second-order valence-electron chi connectivity index (χ2n) is 7.63. The number of hydrogen-bond donors (Lipinski definition) is 1. The first-order valence-electron chi connectivity index (χ1n) is 9.70. The molecule has 2 heterocycles. The van der Waals surface area contributed by atoms with Crippen LogP contribution in [0.2, 0.25) is 0 Å². The van der Waals surface area contributed by atoms with Crippen LogP contribution in [0.15, 0.2) is 30.5 Å². The monoisotopic (exact) mass is 417 g/mol. The van der Waals surface area contributed by atoms with Gasteiger partial charge in [-0.25, -0.2) is 8.78 Å². The molecule has 6 nitrogen and oxygen atoms in total. The molecule has 1 unspecified atom stereocenters. The van der Waals surface area contributed by atoms with Crippen LogP contribution in [-0.2, 0) is 17.8 Å². The number of likely N-dealkylation sites (N-methyl/N-ethyl adjacent to an activating group) is 1. The number of carbonyl (C=O) groups excluding carboxylic acids is 2. The van der Waals surface area contributed by atoms with Gasteiger partial charge in [0.05, 0.1) is 18.2 Å². The van der Waals surface area contributed by atoms with Crippen LogP contribution >= 0.6 is 0 Å². The molecule has 1 aliphatic heterocycles.